The summed E-state index contributed by atoms with van der Waals surface area (Å²) in [6, 6.07) is 9.05. The van der Waals surface area contributed by atoms with Gasteiger partial charge in [-0.15, -0.1) is 0 Å². The Hall–Kier alpha value is -1.39. The number of imidazole rings is 1. The molecule has 0 radical (unpaired) electrons. The van der Waals surface area contributed by atoms with Crippen LogP contribution in [0.3, 0.4) is 0 Å². The van der Waals surface area contributed by atoms with Crippen LogP contribution in [-0.4, -0.2) is 40.1 Å². The second-order valence-corrected chi connectivity index (χ2v) is 5.85. The largest absolute Gasteiger partial charge is 0.327 e. The highest BCUT2D eigenvalue weighted by molar-refractivity contribution is 5.75. The van der Waals surface area contributed by atoms with Crippen molar-refractivity contribution in [2.24, 2.45) is 0 Å². The Kier molecular flexibility index (Phi) is 4.56. The number of aromatic nitrogens is 2. The Balaban J connectivity index is 1.65. The molecule has 2 heterocycles. The van der Waals surface area contributed by atoms with E-state index in [1.807, 2.05) is 0 Å². The number of fused-ring (bicyclic) bond motifs is 1. The van der Waals surface area contributed by atoms with Crippen molar-refractivity contribution in [2.45, 2.75) is 45.8 Å². The molecule has 0 unspecified atom stereocenters. The van der Waals surface area contributed by atoms with Crippen molar-refractivity contribution in [3.63, 3.8) is 0 Å². The molecule has 114 valence electrons. The highest BCUT2D eigenvalue weighted by atomic mass is 15.1. The summed E-state index contributed by atoms with van der Waals surface area (Å²) >= 11 is 0. The fourth-order valence-electron chi connectivity index (χ4n) is 3.30. The highest BCUT2D eigenvalue weighted by Gasteiger charge is 2.18. The van der Waals surface area contributed by atoms with Gasteiger partial charge in [0, 0.05) is 12.6 Å². The van der Waals surface area contributed by atoms with Crippen molar-refractivity contribution in [3.8, 4) is 0 Å². The predicted molar refractivity (Wildman–Crippen MR) is 87.4 cm³/mol. The Morgan fingerprint density at radius 1 is 1.14 bits per heavy atom. The third-order valence-corrected chi connectivity index (χ3v) is 4.63. The molecule has 2 aromatic rings. The zero-order valence-electron chi connectivity index (χ0n) is 13.2. The van der Waals surface area contributed by atoms with Gasteiger partial charge in [-0.25, -0.2) is 4.98 Å². The van der Waals surface area contributed by atoms with E-state index in [0.29, 0.717) is 6.04 Å². The molecule has 3 rings (SSSR count). The van der Waals surface area contributed by atoms with Crippen LogP contribution < -0.4 is 5.32 Å². The van der Waals surface area contributed by atoms with Gasteiger partial charge in [0.05, 0.1) is 17.6 Å². The van der Waals surface area contributed by atoms with Crippen LogP contribution in [0.5, 0.6) is 0 Å². The van der Waals surface area contributed by atoms with E-state index in [0.717, 1.165) is 24.4 Å². The molecule has 0 aliphatic carbocycles. The molecular formula is C17H26N4. The SMILES string of the molecule is CCN1CCC(NCc2nc3ccccc3n2CC)CC1. The number of aryl methyl sites for hydroxylation is 1. The van der Waals surface area contributed by atoms with Gasteiger partial charge < -0.3 is 14.8 Å². The van der Waals surface area contributed by atoms with Gasteiger partial charge in [0.1, 0.15) is 5.82 Å². The maximum Gasteiger partial charge on any atom is 0.123 e. The van der Waals surface area contributed by atoms with Crippen LogP contribution in [0.15, 0.2) is 24.3 Å². The second-order valence-electron chi connectivity index (χ2n) is 5.85. The molecule has 0 bridgehead atoms. The lowest BCUT2D eigenvalue weighted by Gasteiger charge is -2.31. The van der Waals surface area contributed by atoms with Gasteiger partial charge in [0.15, 0.2) is 0 Å². The number of benzene rings is 1. The number of hydrogen-bond donors (Lipinski definition) is 1. The maximum absolute atomic E-state index is 4.79. The van der Waals surface area contributed by atoms with E-state index >= 15 is 0 Å². The van der Waals surface area contributed by atoms with E-state index in [2.05, 4.69) is 52.9 Å². The lowest BCUT2D eigenvalue weighted by Crippen LogP contribution is -2.42. The summed E-state index contributed by atoms with van der Waals surface area (Å²) in [5, 5.41) is 3.71. The first-order valence-corrected chi connectivity index (χ1v) is 8.21. The second kappa shape index (κ2) is 6.58. The molecule has 0 saturated carbocycles. The molecule has 21 heavy (non-hydrogen) atoms. The number of piperidine rings is 1. The van der Waals surface area contributed by atoms with Crippen molar-refractivity contribution in [1.29, 1.82) is 0 Å². The topological polar surface area (TPSA) is 33.1 Å². The van der Waals surface area contributed by atoms with Gasteiger partial charge in [-0.2, -0.15) is 0 Å². The average molecular weight is 286 g/mol. The van der Waals surface area contributed by atoms with Crippen LogP contribution >= 0.6 is 0 Å². The van der Waals surface area contributed by atoms with Crippen LogP contribution in [-0.2, 0) is 13.1 Å². The fraction of sp³-hybridized carbons (Fsp3) is 0.588. The Morgan fingerprint density at radius 2 is 1.90 bits per heavy atom. The van der Waals surface area contributed by atoms with Crippen molar-refractivity contribution >= 4 is 11.0 Å². The first-order chi connectivity index (χ1) is 10.3. The van der Waals surface area contributed by atoms with Crippen LogP contribution in [0.25, 0.3) is 11.0 Å². The Labute approximate surface area is 127 Å². The number of nitrogens with one attached hydrogen (secondary N) is 1. The summed E-state index contributed by atoms with van der Waals surface area (Å²) in [4.78, 5) is 7.32. The smallest absolute Gasteiger partial charge is 0.123 e. The third-order valence-electron chi connectivity index (χ3n) is 4.63. The van der Waals surface area contributed by atoms with Gasteiger partial charge in [-0.3, -0.25) is 0 Å². The molecule has 4 heteroatoms. The molecule has 0 spiro atoms. The molecule has 1 aliphatic rings. The monoisotopic (exact) mass is 286 g/mol. The summed E-state index contributed by atoms with van der Waals surface area (Å²) < 4.78 is 2.32. The summed E-state index contributed by atoms with van der Waals surface area (Å²) in [5.74, 6) is 1.16. The summed E-state index contributed by atoms with van der Waals surface area (Å²) in [6.07, 6.45) is 2.50. The van der Waals surface area contributed by atoms with Gasteiger partial charge >= 0.3 is 0 Å². The number of rotatable bonds is 5. The molecule has 0 amide bonds. The molecule has 1 N–H and O–H groups in total. The molecule has 1 saturated heterocycles. The Morgan fingerprint density at radius 3 is 2.62 bits per heavy atom. The van der Waals surface area contributed by atoms with E-state index in [9.17, 15) is 0 Å². The Bertz CT molecular complexity index is 581. The number of nitrogens with zero attached hydrogens (tertiary/aromatic N) is 3. The van der Waals surface area contributed by atoms with Gasteiger partial charge in [0.2, 0.25) is 0 Å². The quantitative estimate of drug-likeness (QED) is 0.917. The highest BCUT2D eigenvalue weighted by Crippen LogP contribution is 2.17. The molecule has 1 fully saturated rings. The fourth-order valence-corrected chi connectivity index (χ4v) is 3.30. The van der Waals surface area contributed by atoms with E-state index in [-0.39, 0.29) is 0 Å². The lowest BCUT2D eigenvalue weighted by atomic mass is 10.1. The lowest BCUT2D eigenvalue weighted by molar-refractivity contribution is 0.205. The molecule has 1 aromatic heterocycles. The zero-order chi connectivity index (χ0) is 14.7. The van der Waals surface area contributed by atoms with Crippen LogP contribution in [0.4, 0.5) is 0 Å². The normalized spacial score (nSPS) is 17.6. The minimum atomic E-state index is 0.637. The van der Waals surface area contributed by atoms with Crippen LogP contribution in [0.1, 0.15) is 32.5 Å². The van der Waals surface area contributed by atoms with Crippen LogP contribution in [0.2, 0.25) is 0 Å². The maximum atomic E-state index is 4.79. The summed E-state index contributed by atoms with van der Waals surface area (Å²) in [6.45, 7) is 9.91. The van der Waals surface area contributed by atoms with Gasteiger partial charge in [0.25, 0.3) is 0 Å². The van der Waals surface area contributed by atoms with E-state index in [4.69, 9.17) is 4.98 Å². The van der Waals surface area contributed by atoms with E-state index in [1.54, 1.807) is 0 Å². The molecule has 1 aromatic carbocycles. The molecule has 0 atom stereocenters. The first kappa shape index (κ1) is 14.5. The summed E-state index contributed by atoms with van der Waals surface area (Å²) in [7, 11) is 0. The third kappa shape index (κ3) is 3.11. The first-order valence-electron chi connectivity index (χ1n) is 8.21. The van der Waals surface area contributed by atoms with Crippen molar-refractivity contribution < 1.29 is 0 Å². The van der Waals surface area contributed by atoms with Crippen LogP contribution in [0, 0.1) is 0 Å². The zero-order valence-corrected chi connectivity index (χ0v) is 13.2. The molecule has 4 nitrogen and oxygen atoms in total. The van der Waals surface area contributed by atoms with E-state index < -0.39 is 0 Å². The minimum Gasteiger partial charge on any atom is -0.327 e. The standard InChI is InChI=1S/C17H26N4/c1-3-20-11-9-14(10-12-20)18-13-17-19-15-7-5-6-8-16(15)21(17)4-2/h5-8,14,18H,3-4,9-13H2,1-2H3. The van der Waals surface area contributed by atoms with Gasteiger partial charge in [-0.1, -0.05) is 19.1 Å². The molecule has 1 aliphatic heterocycles. The minimum absolute atomic E-state index is 0.637. The van der Waals surface area contributed by atoms with Gasteiger partial charge in [-0.05, 0) is 51.5 Å². The van der Waals surface area contributed by atoms with Crippen molar-refractivity contribution in [3.05, 3.63) is 30.1 Å². The average Bonchev–Trinajstić information content (AvgIpc) is 2.91. The predicted octanol–water partition coefficient (Wildman–Crippen LogP) is 2.63. The number of para-hydroxylation sites is 2. The van der Waals surface area contributed by atoms with Crippen molar-refractivity contribution in [2.75, 3.05) is 19.6 Å². The van der Waals surface area contributed by atoms with E-state index in [1.165, 1.54) is 38.0 Å². The summed E-state index contributed by atoms with van der Waals surface area (Å²) in [5.41, 5.74) is 2.36. The van der Waals surface area contributed by atoms with Crippen molar-refractivity contribution in [1.82, 2.24) is 19.8 Å². The molecular weight excluding hydrogens is 260 g/mol. The number of hydrogen-bond acceptors (Lipinski definition) is 3. The number of likely N-dealkylation sites (tertiary alicyclic amines) is 1.